The molecule has 0 radical (unpaired) electrons. The van der Waals surface area contributed by atoms with Gasteiger partial charge in [-0.25, -0.2) is 8.42 Å². The first-order chi connectivity index (χ1) is 14.4. The summed E-state index contributed by atoms with van der Waals surface area (Å²) in [5.74, 6) is 0.435. The molecule has 0 spiro atoms. The fourth-order valence-electron chi connectivity index (χ4n) is 4.33. The summed E-state index contributed by atoms with van der Waals surface area (Å²) in [6.07, 6.45) is 3.33. The fourth-order valence-corrected chi connectivity index (χ4v) is 6.01. The van der Waals surface area contributed by atoms with Crippen molar-refractivity contribution in [2.24, 2.45) is 5.92 Å². The van der Waals surface area contributed by atoms with Gasteiger partial charge in [-0.1, -0.05) is 31.5 Å². The maximum absolute atomic E-state index is 13.1. The molecule has 4 rings (SSSR count). The van der Waals surface area contributed by atoms with E-state index in [1.807, 2.05) is 24.3 Å². The second kappa shape index (κ2) is 8.78. The lowest BCUT2D eigenvalue weighted by Gasteiger charge is -2.33. The van der Waals surface area contributed by atoms with Crippen molar-refractivity contribution in [3.63, 3.8) is 0 Å². The van der Waals surface area contributed by atoms with Crippen LogP contribution in [0.3, 0.4) is 0 Å². The molecular formula is C23H29N3O3S. The molecule has 160 valence electrons. The maximum Gasteiger partial charge on any atom is 0.243 e. The van der Waals surface area contributed by atoms with E-state index in [0.717, 1.165) is 31.6 Å². The Hall–Kier alpha value is -2.38. The van der Waals surface area contributed by atoms with Crippen LogP contribution in [-0.4, -0.2) is 44.3 Å². The SMILES string of the molecule is CC1CCN(c2ccc(NC(=O)C3CCCCN3S(=O)(=O)c3ccccc3)cc2)C1. The Labute approximate surface area is 178 Å². The highest BCUT2D eigenvalue weighted by atomic mass is 32.2. The lowest BCUT2D eigenvalue weighted by Crippen LogP contribution is -2.49. The van der Waals surface area contributed by atoms with E-state index in [4.69, 9.17) is 0 Å². The van der Waals surface area contributed by atoms with E-state index < -0.39 is 16.1 Å². The number of hydrogen-bond acceptors (Lipinski definition) is 4. The van der Waals surface area contributed by atoms with Gasteiger partial charge in [-0.3, -0.25) is 4.79 Å². The summed E-state index contributed by atoms with van der Waals surface area (Å²) in [7, 11) is -3.71. The van der Waals surface area contributed by atoms with Gasteiger partial charge in [0.1, 0.15) is 6.04 Å². The highest BCUT2D eigenvalue weighted by Gasteiger charge is 2.37. The second-order valence-corrected chi connectivity index (χ2v) is 10.2. The number of sulfonamides is 1. The largest absolute Gasteiger partial charge is 0.371 e. The van der Waals surface area contributed by atoms with Crippen molar-refractivity contribution >= 4 is 27.3 Å². The molecule has 1 amide bonds. The van der Waals surface area contributed by atoms with Gasteiger partial charge in [0.2, 0.25) is 15.9 Å². The van der Waals surface area contributed by atoms with Gasteiger partial charge in [0.25, 0.3) is 0 Å². The van der Waals surface area contributed by atoms with Crippen molar-refractivity contribution in [3.8, 4) is 0 Å². The Morgan fingerprint density at radius 1 is 0.967 bits per heavy atom. The first-order valence-electron chi connectivity index (χ1n) is 10.7. The van der Waals surface area contributed by atoms with E-state index in [1.165, 1.54) is 10.7 Å². The van der Waals surface area contributed by atoms with Gasteiger partial charge >= 0.3 is 0 Å². The van der Waals surface area contributed by atoms with Gasteiger partial charge < -0.3 is 10.2 Å². The molecule has 2 aromatic carbocycles. The molecule has 0 aliphatic carbocycles. The minimum atomic E-state index is -3.71. The topological polar surface area (TPSA) is 69.7 Å². The lowest BCUT2D eigenvalue weighted by atomic mass is 10.0. The summed E-state index contributed by atoms with van der Waals surface area (Å²) < 4.78 is 27.6. The summed E-state index contributed by atoms with van der Waals surface area (Å²) >= 11 is 0. The predicted molar refractivity (Wildman–Crippen MR) is 119 cm³/mol. The third-order valence-electron chi connectivity index (χ3n) is 6.03. The first kappa shape index (κ1) is 20.9. The molecule has 6 nitrogen and oxygen atoms in total. The first-order valence-corrected chi connectivity index (χ1v) is 12.1. The fraction of sp³-hybridized carbons (Fsp3) is 0.435. The molecule has 30 heavy (non-hydrogen) atoms. The molecule has 2 fully saturated rings. The molecule has 2 heterocycles. The summed E-state index contributed by atoms with van der Waals surface area (Å²) in [5.41, 5.74) is 1.85. The Kier molecular flexibility index (Phi) is 6.11. The number of nitrogens with zero attached hydrogens (tertiary/aromatic N) is 2. The van der Waals surface area contributed by atoms with Gasteiger partial charge in [-0.2, -0.15) is 4.31 Å². The minimum Gasteiger partial charge on any atom is -0.371 e. The van der Waals surface area contributed by atoms with Crippen LogP contribution in [0.1, 0.15) is 32.6 Å². The normalized spacial score (nSPS) is 22.8. The van der Waals surface area contributed by atoms with Gasteiger partial charge in [0, 0.05) is 31.0 Å². The molecule has 2 saturated heterocycles. The third-order valence-corrected chi connectivity index (χ3v) is 7.95. The number of benzene rings is 2. The summed E-state index contributed by atoms with van der Waals surface area (Å²) in [5, 5.41) is 2.93. The summed E-state index contributed by atoms with van der Waals surface area (Å²) in [6, 6.07) is 15.5. The van der Waals surface area contributed by atoms with Crippen molar-refractivity contribution < 1.29 is 13.2 Å². The number of rotatable bonds is 5. The van der Waals surface area contributed by atoms with Crippen molar-refractivity contribution in [2.75, 3.05) is 29.9 Å². The molecule has 0 saturated carbocycles. The Bertz CT molecular complexity index is 977. The zero-order valence-corrected chi connectivity index (χ0v) is 18.1. The van der Waals surface area contributed by atoms with Gasteiger partial charge in [-0.15, -0.1) is 0 Å². The van der Waals surface area contributed by atoms with Crippen LogP contribution in [0.4, 0.5) is 11.4 Å². The maximum atomic E-state index is 13.1. The van der Waals surface area contributed by atoms with E-state index in [2.05, 4.69) is 17.1 Å². The number of nitrogens with one attached hydrogen (secondary N) is 1. The molecule has 2 aliphatic rings. The van der Waals surface area contributed by atoms with Crippen LogP contribution >= 0.6 is 0 Å². The molecule has 1 N–H and O–H groups in total. The number of piperidine rings is 1. The van der Waals surface area contributed by atoms with Gasteiger partial charge in [0.05, 0.1) is 4.90 Å². The minimum absolute atomic E-state index is 0.230. The highest BCUT2D eigenvalue weighted by Crippen LogP contribution is 2.28. The van der Waals surface area contributed by atoms with Crippen LogP contribution < -0.4 is 10.2 Å². The van der Waals surface area contributed by atoms with Crippen LogP contribution in [0.15, 0.2) is 59.5 Å². The van der Waals surface area contributed by atoms with Crippen LogP contribution in [0.2, 0.25) is 0 Å². The molecule has 2 aromatic rings. The summed E-state index contributed by atoms with van der Waals surface area (Å²) in [6.45, 7) is 4.73. The molecule has 2 unspecified atom stereocenters. The van der Waals surface area contributed by atoms with Crippen molar-refractivity contribution in [3.05, 3.63) is 54.6 Å². The Morgan fingerprint density at radius 3 is 2.37 bits per heavy atom. The lowest BCUT2D eigenvalue weighted by molar-refractivity contribution is -0.120. The van der Waals surface area contributed by atoms with E-state index in [0.29, 0.717) is 24.6 Å². The van der Waals surface area contributed by atoms with Crippen LogP contribution in [0.25, 0.3) is 0 Å². The van der Waals surface area contributed by atoms with Crippen LogP contribution in [0.5, 0.6) is 0 Å². The molecule has 2 aliphatic heterocycles. The van der Waals surface area contributed by atoms with Gasteiger partial charge in [-0.05, 0) is 61.6 Å². The van der Waals surface area contributed by atoms with Crippen molar-refractivity contribution in [1.29, 1.82) is 0 Å². The van der Waals surface area contributed by atoms with E-state index >= 15 is 0 Å². The smallest absolute Gasteiger partial charge is 0.243 e. The molecule has 0 aromatic heterocycles. The zero-order chi connectivity index (χ0) is 21.1. The summed E-state index contributed by atoms with van der Waals surface area (Å²) in [4.78, 5) is 15.6. The van der Waals surface area contributed by atoms with E-state index in [1.54, 1.807) is 30.3 Å². The quantitative estimate of drug-likeness (QED) is 0.790. The zero-order valence-electron chi connectivity index (χ0n) is 17.3. The number of anilines is 2. The third kappa shape index (κ3) is 4.37. The molecule has 2 atom stereocenters. The van der Waals surface area contributed by atoms with Gasteiger partial charge in [0.15, 0.2) is 0 Å². The number of carbonyl (C=O) groups is 1. The number of carbonyl (C=O) groups excluding carboxylic acids is 1. The number of amides is 1. The average Bonchev–Trinajstić information content (AvgIpc) is 3.21. The van der Waals surface area contributed by atoms with Crippen molar-refractivity contribution in [2.45, 2.75) is 43.5 Å². The Morgan fingerprint density at radius 2 is 1.70 bits per heavy atom. The van der Waals surface area contributed by atoms with Crippen LogP contribution in [-0.2, 0) is 14.8 Å². The van der Waals surface area contributed by atoms with Crippen molar-refractivity contribution in [1.82, 2.24) is 4.31 Å². The van der Waals surface area contributed by atoms with E-state index in [-0.39, 0.29) is 10.8 Å². The highest BCUT2D eigenvalue weighted by molar-refractivity contribution is 7.89. The van der Waals surface area contributed by atoms with Crippen LogP contribution in [0, 0.1) is 5.92 Å². The number of hydrogen-bond donors (Lipinski definition) is 1. The van der Waals surface area contributed by atoms with E-state index in [9.17, 15) is 13.2 Å². The molecule has 0 bridgehead atoms. The predicted octanol–water partition coefficient (Wildman–Crippen LogP) is 3.71. The second-order valence-electron chi connectivity index (χ2n) is 8.32. The Balaban J connectivity index is 1.47. The average molecular weight is 428 g/mol. The monoisotopic (exact) mass is 427 g/mol. The molecule has 7 heteroatoms. The molecular weight excluding hydrogens is 398 g/mol. The standard InChI is InChI=1S/C23H29N3O3S/c1-18-14-16-25(17-18)20-12-10-19(11-13-20)24-23(27)22-9-5-6-15-26(22)30(28,29)21-7-3-2-4-8-21/h2-4,7-8,10-13,18,22H,5-6,9,14-17H2,1H3,(H,24,27).